The number of aromatic hydroxyl groups is 1. The Labute approximate surface area is 110 Å². The summed E-state index contributed by atoms with van der Waals surface area (Å²) in [7, 11) is 7.99. The summed E-state index contributed by atoms with van der Waals surface area (Å²) in [6, 6.07) is 1.97. The molecule has 0 unspecified atom stereocenters. The zero-order valence-electron chi connectivity index (χ0n) is 11.2. The molecule has 17 heavy (non-hydrogen) atoms. The Kier molecular flexibility index (Phi) is 6.45. The first kappa shape index (κ1) is 16.2. The van der Waals surface area contributed by atoms with E-state index in [2.05, 4.69) is 9.88 Å². The quantitative estimate of drug-likeness (QED) is 0.893. The van der Waals surface area contributed by atoms with Gasteiger partial charge in [0.1, 0.15) is 5.75 Å². The summed E-state index contributed by atoms with van der Waals surface area (Å²) in [6.45, 7) is 3.37. The lowest BCUT2D eigenvalue weighted by Gasteiger charge is -2.15. The molecule has 0 amide bonds. The van der Waals surface area contributed by atoms with E-state index in [1.807, 2.05) is 46.1 Å². The molecule has 0 saturated heterocycles. The standard InChI is InChI=1S/C12H21N3O.ClH/c1-9-12(16)10(7-14(2)3)6-11(13-9)8-15(4)5;/h6,16H,7-8H2,1-5H3;1H. The second-order valence-corrected chi connectivity index (χ2v) is 4.68. The van der Waals surface area contributed by atoms with Crippen LogP contribution in [-0.4, -0.2) is 48.1 Å². The first-order chi connectivity index (χ1) is 7.40. The molecule has 0 aromatic carbocycles. The van der Waals surface area contributed by atoms with Crippen LogP contribution in [0.4, 0.5) is 0 Å². The number of hydrogen-bond acceptors (Lipinski definition) is 4. The van der Waals surface area contributed by atoms with E-state index in [4.69, 9.17) is 0 Å². The van der Waals surface area contributed by atoms with Crippen LogP contribution < -0.4 is 0 Å². The molecular formula is C12H22ClN3O. The molecule has 0 aliphatic rings. The van der Waals surface area contributed by atoms with Gasteiger partial charge in [0.15, 0.2) is 0 Å². The van der Waals surface area contributed by atoms with Crippen molar-refractivity contribution in [3.8, 4) is 5.75 Å². The van der Waals surface area contributed by atoms with Crippen molar-refractivity contribution in [1.82, 2.24) is 14.8 Å². The van der Waals surface area contributed by atoms with Crippen LogP contribution in [0, 0.1) is 6.92 Å². The van der Waals surface area contributed by atoms with Crippen LogP contribution >= 0.6 is 12.4 Å². The molecule has 1 aromatic heterocycles. The lowest BCUT2D eigenvalue weighted by Crippen LogP contribution is -2.15. The van der Waals surface area contributed by atoms with Gasteiger partial charge in [-0.3, -0.25) is 4.98 Å². The summed E-state index contributed by atoms with van der Waals surface area (Å²) < 4.78 is 0. The van der Waals surface area contributed by atoms with Crippen LogP contribution in [0.5, 0.6) is 5.75 Å². The third-order valence-corrected chi connectivity index (χ3v) is 2.26. The second-order valence-electron chi connectivity index (χ2n) is 4.68. The fourth-order valence-corrected chi connectivity index (χ4v) is 1.67. The van der Waals surface area contributed by atoms with Crippen molar-refractivity contribution in [2.45, 2.75) is 20.0 Å². The molecule has 0 atom stereocenters. The Hall–Kier alpha value is -0.840. The maximum atomic E-state index is 9.90. The van der Waals surface area contributed by atoms with E-state index in [-0.39, 0.29) is 12.4 Å². The van der Waals surface area contributed by atoms with E-state index < -0.39 is 0 Å². The molecule has 98 valence electrons. The molecule has 4 nitrogen and oxygen atoms in total. The number of halogens is 1. The monoisotopic (exact) mass is 259 g/mol. The molecule has 0 radical (unpaired) electrons. The molecular weight excluding hydrogens is 238 g/mol. The van der Waals surface area contributed by atoms with Crippen molar-refractivity contribution < 1.29 is 5.11 Å². The molecule has 1 rings (SSSR count). The molecule has 1 aromatic rings. The lowest BCUT2D eigenvalue weighted by atomic mass is 10.1. The van der Waals surface area contributed by atoms with E-state index in [1.54, 1.807) is 0 Å². The number of nitrogens with zero attached hydrogens (tertiary/aromatic N) is 3. The Bertz CT molecular complexity index is 367. The summed E-state index contributed by atoms with van der Waals surface area (Å²) in [5.41, 5.74) is 2.64. The maximum Gasteiger partial charge on any atom is 0.141 e. The van der Waals surface area contributed by atoms with Crippen molar-refractivity contribution in [3.63, 3.8) is 0 Å². The Morgan fingerprint density at radius 2 is 1.65 bits per heavy atom. The zero-order chi connectivity index (χ0) is 12.3. The highest BCUT2D eigenvalue weighted by Gasteiger charge is 2.09. The van der Waals surface area contributed by atoms with E-state index in [9.17, 15) is 5.11 Å². The minimum atomic E-state index is 0. The first-order valence-corrected chi connectivity index (χ1v) is 5.38. The molecule has 0 aliphatic heterocycles. The van der Waals surface area contributed by atoms with Crippen LogP contribution in [0.25, 0.3) is 0 Å². The predicted octanol–water partition coefficient (Wildman–Crippen LogP) is 1.64. The van der Waals surface area contributed by atoms with Crippen LogP contribution in [-0.2, 0) is 13.1 Å². The van der Waals surface area contributed by atoms with Crippen LogP contribution in [0.2, 0.25) is 0 Å². The van der Waals surface area contributed by atoms with Crippen LogP contribution in [0.3, 0.4) is 0 Å². The van der Waals surface area contributed by atoms with Gasteiger partial charge in [-0.2, -0.15) is 0 Å². The Balaban J connectivity index is 0.00000256. The fourth-order valence-electron chi connectivity index (χ4n) is 1.67. The third-order valence-electron chi connectivity index (χ3n) is 2.26. The molecule has 0 bridgehead atoms. The van der Waals surface area contributed by atoms with Crippen molar-refractivity contribution in [2.75, 3.05) is 28.2 Å². The molecule has 5 heteroatoms. The molecule has 0 spiro atoms. The van der Waals surface area contributed by atoms with Crippen molar-refractivity contribution in [1.29, 1.82) is 0 Å². The molecule has 1 heterocycles. The highest BCUT2D eigenvalue weighted by molar-refractivity contribution is 5.85. The Morgan fingerprint density at radius 1 is 1.12 bits per heavy atom. The summed E-state index contributed by atoms with van der Waals surface area (Å²) in [5, 5.41) is 9.90. The van der Waals surface area contributed by atoms with Gasteiger partial charge in [-0.15, -0.1) is 12.4 Å². The van der Waals surface area contributed by atoms with Gasteiger partial charge in [-0.25, -0.2) is 0 Å². The average Bonchev–Trinajstić information content (AvgIpc) is 2.11. The van der Waals surface area contributed by atoms with Crippen LogP contribution in [0.1, 0.15) is 17.0 Å². The second kappa shape index (κ2) is 6.79. The summed E-state index contributed by atoms with van der Waals surface area (Å²) in [5.74, 6) is 0.316. The summed E-state index contributed by atoms with van der Waals surface area (Å²) >= 11 is 0. The predicted molar refractivity (Wildman–Crippen MR) is 72.7 cm³/mol. The van der Waals surface area contributed by atoms with Crippen molar-refractivity contribution >= 4 is 12.4 Å². The van der Waals surface area contributed by atoms with Gasteiger partial charge in [0.25, 0.3) is 0 Å². The van der Waals surface area contributed by atoms with Crippen molar-refractivity contribution in [2.24, 2.45) is 0 Å². The molecule has 0 saturated carbocycles. The summed E-state index contributed by atoms with van der Waals surface area (Å²) in [4.78, 5) is 8.47. The smallest absolute Gasteiger partial charge is 0.141 e. The van der Waals surface area contributed by atoms with Gasteiger partial charge in [0, 0.05) is 18.7 Å². The fraction of sp³-hybridized carbons (Fsp3) is 0.583. The van der Waals surface area contributed by atoms with Crippen molar-refractivity contribution in [3.05, 3.63) is 23.0 Å². The minimum absolute atomic E-state index is 0. The van der Waals surface area contributed by atoms with Gasteiger partial charge in [0.2, 0.25) is 0 Å². The van der Waals surface area contributed by atoms with Gasteiger partial charge in [-0.05, 0) is 41.2 Å². The number of aromatic nitrogens is 1. The van der Waals surface area contributed by atoms with Gasteiger partial charge < -0.3 is 14.9 Å². The van der Waals surface area contributed by atoms with Gasteiger partial charge in [0.05, 0.1) is 11.4 Å². The largest absolute Gasteiger partial charge is 0.506 e. The molecule has 1 N–H and O–H groups in total. The average molecular weight is 260 g/mol. The lowest BCUT2D eigenvalue weighted by molar-refractivity contribution is 0.376. The topological polar surface area (TPSA) is 39.6 Å². The Morgan fingerprint density at radius 3 is 2.12 bits per heavy atom. The molecule has 0 aliphatic carbocycles. The first-order valence-electron chi connectivity index (χ1n) is 5.38. The summed E-state index contributed by atoms with van der Waals surface area (Å²) in [6.07, 6.45) is 0. The van der Waals surface area contributed by atoms with E-state index in [0.29, 0.717) is 11.4 Å². The van der Waals surface area contributed by atoms with Crippen LogP contribution in [0.15, 0.2) is 6.07 Å². The number of aryl methyl sites for hydroxylation is 1. The van der Waals surface area contributed by atoms with E-state index in [0.717, 1.165) is 24.3 Å². The SMILES string of the molecule is Cc1nc(CN(C)C)cc(CN(C)C)c1O.Cl. The minimum Gasteiger partial charge on any atom is -0.506 e. The number of rotatable bonds is 4. The zero-order valence-corrected chi connectivity index (χ0v) is 12.0. The van der Waals surface area contributed by atoms with E-state index in [1.165, 1.54) is 0 Å². The number of hydrogen-bond donors (Lipinski definition) is 1. The normalized spacial score (nSPS) is 10.8. The highest BCUT2D eigenvalue weighted by atomic mass is 35.5. The van der Waals surface area contributed by atoms with Gasteiger partial charge in [-0.1, -0.05) is 0 Å². The highest BCUT2D eigenvalue weighted by Crippen LogP contribution is 2.22. The van der Waals surface area contributed by atoms with E-state index >= 15 is 0 Å². The number of pyridine rings is 1. The molecule has 0 fully saturated rings. The van der Waals surface area contributed by atoms with Gasteiger partial charge >= 0.3 is 0 Å². The maximum absolute atomic E-state index is 9.90. The third kappa shape index (κ3) is 4.89.